The molecule has 1 rings (SSSR count). The molecule has 1 aromatic rings. The van der Waals surface area contributed by atoms with Crippen molar-refractivity contribution < 1.29 is 19.1 Å². The SMILES string of the molecule is COC(=O)/C=C/c1cccc(/C=C/C(=O)OC)c1C. The Balaban J connectivity index is 2.98. The molecule has 0 N–H and O–H groups in total. The molecule has 100 valence electrons. The maximum atomic E-state index is 11.1. The van der Waals surface area contributed by atoms with Crippen molar-refractivity contribution in [2.24, 2.45) is 0 Å². The summed E-state index contributed by atoms with van der Waals surface area (Å²) >= 11 is 0. The number of rotatable bonds is 4. The highest BCUT2D eigenvalue weighted by atomic mass is 16.5. The van der Waals surface area contributed by atoms with Gasteiger partial charge in [-0.3, -0.25) is 0 Å². The van der Waals surface area contributed by atoms with Gasteiger partial charge in [-0.1, -0.05) is 18.2 Å². The van der Waals surface area contributed by atoms with Crippen LogP contribution in [-0.2, 0) is 19.1 Å². The zero-order valence-electron chi connectivity index (χ0n) is 11.2. The molecule has 1 aromatic carbocycles. The summed E-state index contributed by atoms with van der Waals surface area (Å²) in [6.45, 7) is 1.91. The van der Waals surface area contributed by atoms with E-state index in [1.54, 1.807) is 12.2 Å². The van der Waals surface area contributed by atoms with Crippen LogP contribution in [0.1, 0.15) is 16.7 Å². The topological polar surface area (TPSA) is 52.6 Å². The van der Waals surface area contributed by atoms with Crippen LogP contribution in [0.25, 0.3) is 12.2 Å². The van der Waals surface area contributed by atoms with E-state index in [1.165, 1.54) is 26.4 Å². The Kier molecular flexibility index (Phi) is 5.54. The van der Waals surface area contributed by atoms with Gasteiger partial charge in [0.1, 0.15) is 0 Å². The van der Waals surface area contributed by atoms with Crippen LogP contribution >= 0.6 is 0 Å². The number of carbonyl (C=O) groups is 2. The molecule has 0 unspecified atom stereocenters. The normalized spacial score (nSPS) is 10.9. The molecule has 0 saturated heterocycles. The number of esters is 2. The summed E-state index contributed by atoms with van der Waals surface area (Å²) in [4.78, 5) is 22.1. The molecule has 0 atom stereocenters. The molecule has 0 amide bonds. The van der Waals surface area contributed by atoms with Gasteiger partial charge in [-0.15, -0.1) is 0 Å². The second-order valence-corrected chi connectivity index (χ2v) is 3.77. The van der Waals surface area contributed by atoms with Gasteiger partial charge in [-0.05, 0) is 35.8 Å². The van der Waals surface area contributed by atoms with Crippen molar-refractivity contribution in [2.75, 3.05) is 14.2 Å². The van der Waals surface area contributed by atoms with E-state index in [4.69, 9.17) is 0 Å². The molecular weight excluding hydrogens is 244 g/mol. The lowest BCUT2D eigenvalue weighted by Gasteiger charge is -2.04. The third-order valence-electron chi connectivity index (χ3n) is 2.62. The molecule has 0 aromatic heterocycles. The fraction of sp³-hybridized carbons (Fsp3) is 0.200. The first-order valence-corrected chi connectivity index (χ1v) is 5.70. The van der Waals surface area contributed by atoms with Crippen LogP contribution in [0.4, 0.5) is 0 Å². The number of carbonyl (C=O) groups excluding carboxylic acids is 2. The van der Waals surface area contributed by atoms with Gasteiger partial charge in [0.05, 0.1) is 14.2 Å². The third-order valence-corrected chi connectivity index (χ3v) is 2.62. The molecule has 0 heterocycles. The number of ether oxygens (including phenoxy) is 2. The van der Waals surface area contributed by atoms with Crippen LogP contribution in [-0.4, -0.2) is 26.2 Å². The molecule has 0 saturated carbocycles. The summed E-state index contributed by atoms with van der Waals surface area (Å²) in [6.07, 6.45) is 6.07. The molecule has 0 aliphatic carbocycles. The lowest BCUT2D eigenvalue weighted by atomic mass is 10.0. The second kappa shape index (κ2) is 7.16. The van der Waals surface area contributed by atoms with Crippen molar-refractivity contribution in [3.05, 3.63) is 47.0 Å². The fourth-order valence-corrected chi connectivity index (χ4v) is 1.48. The summed E-state index contributed by atoms with van der Waals surface area (Å²) in [7, 11) is 2.66. The van der Waals surface area contributed by atoms with Crippen molar-refractivity contribution in [3.63, 3.8) is 0 Å². The van der Waals surface area contributed by atoms with E-state index in [1.807, 2.05) is 25.1 Å². The van der Waals surface area contributed by atoms with Gasteiger partial charge in [0, 0.05) is 12.2 Å². The van der Waals surface area contributed by atoms with Crippen molar-refractivity contribution in [1.82, 2.24) is 0 Å². The molecule has 19 heavy (non-hydrogen) atoms. The molecular formula is C15H16O4. The Bertz CT molecular complexity index is 483. The first kappa shape index (κ1) is 14.7. The quantitative estimate of drug-likeness (QED) is 0.616. The highest BCUT2D eigenvalue weighted by molar-refractivity contribution is 5.89. The predicted molar refractivity (Wildman–Crippen MR) is 73.3 cm³/mol. The van der Waals surface area contributed by atoms with Gasteiger partial charge < -0.3 is 9.47 Å². The highest BCUT2D eigenvalue weighted by Crippen LogP contribution is 2.16. The van der Waals surface area contributed by atoms with Crippen molar-refractivity contribution >= 4 is 24.1 Å². The molecule has 4 heteroatoms. The highest BCUT2D eigenvalue weighted by Gasteiger charge is 2.01. The standard InChI is InChI=1S/C15H16O4/c1-11-12(7-9-14(16)18-2)5-4-6-13(11)8-10-15(17)19-3/h4-10H,1-3H3/b9-7+,10-8+. The van der Waals surface area contributed by atoms with Gasteiger partial charge in [-0.2, -0.15) is 0 Å². The minimum Gasteiger partial charge on any atom is -0.466 e. The summed E-state index contributed by atoms with van der Waals surface area (Å²) in [6, 6.07) is 5.61. The van der Waals surface area contributed by atoms with Gasteiger partial charge in [0.25, 0.3) is 0 Å². The lowest BCUT2D eigenvalue weighted by molar-refractivity contribution is -0.135. The van der Waals surface area contributed by atoms with Crippen molar-refractivity contribution in [3.8, 4) is 0 Å². The molecule has 0 aliphatic rings. The number of hydrogen-bond acceptors (Lipinski definition) is 4. The monoisotopic (exact) mass is 260 g/mol. The van der Waals surface area contributed by atoms with Crippen LogP contribution in [0.15, 0.2) is 30.4 Å². The van der Waals surface area contributed by atoms with E-state index in [0.717, 1.165) is 16.7 Å². The van der Waals surface area contributed by atoms with E-state index in [9.17, 15) is 9.59 Å². The minimum absolute atomic E-state index is 0.407. The maximum Gasteiger partial charge on any atom is 0.330 e. The van der Waals surface area contributed by atoms with E-state index < -0.39 is 11.9 Å². The molecule has 0 radical (unpaired) electrons. The average molecular weight is 260 g/mol. The molecule has 0 spiro atoms. The molecule has 0 bridgehead atoms. The summed E-state index contributed by atoms with van der Waals surface area (Å²) < 4.78 is 9.07. The lowest BCUT2D eigenvalue weighted by Crippen LogP contribution is -1.95. The average Bonchev–Trinajstić information content (AvgIpc) is 2.44. The Labute approximate surface area is 112 Å². The maximum absolute atomic E-state index is 11.1. The van der Waals surface area contributed by atoms with E-state index in [2.05, 4.69) is 9.47 Å². The van der Waals surface area contributed by atoms with Gasteiger partial charge in [0.2, 0.25) is 0 Å². The zero-order chi connectivity index (χ0) is 14.3. The van der Waals surface area contributed by atoms with E-state index in [0.29, 0.717) is 0 Å². The minimum atomic E-state index is -0.407. The Morgan fingerprint density at radius 3 is 1.74 bits per heavy atom. The second-order valence-electron chi connectivity index (χ2n) is 3.77. The van der Waals surface area contributed by atoms with Gasteiger partial charge in [-0.25, -0.2) is 9.59 Å². The van der Waals surface area contributed by atoms with E-state index >= 15 is 0 Å². The van der Waals surface area contributed by atoms with Crippen LogP contribution in [0, 0.1) is 6.92 Å². The summed E-state index contributed by atoms with van der Waals surface area (Å²) in [5.74, 6) is -0.815. The summed E-state index contributed by atoms with van der Waals surface area (Å²) in [5.41, 5.74) is 2.73. The van der Waals surface area contributed by atoms with Crippen LogP contribution in [0.5, 0.6) is 0 Å². The Hall–Kier alpha value is -2.36. The summed E-state index contributed by atoms with van der Waals surface area (Å²) in [5, 5.41) is 0. The number of benzene rings is 1. The number of methoxy groups -OCH3 is 2. The van der Waals surface area contributed by atoms with Crippen LogP contribution in [0.3, 0.4) is 0 Å². The van der Waals surface area contributed by atoms with Crippen LogP contribution in [0.2, 0.25) is 0 Å². The zero-order valence-corrected chi connectivity index (χ0v) is 11.2. The first-order valence-electron chi connectivity index (χ1n) is 5.70. The molecule has 4 nitrogen and oxygen atoms in total. The van der Waals surface area contributed by atoms with Crippen LogP contribution < -0.4 is 0 Å². The van der Waals surface area contributed by atoms with Gasteiger partial charge >= 0.3 is 11.9 Å². The first-order chi connectivity index (χ1) is 9.08. The Morgan fingerprint density at radius 2 is 1.37 bits per heavy atom. The fourth-order valence-electron chi connectivity index (χ4n) is 1.48. The largest absolute Gasteiger partial charge is 0.466 e. The smallest absolute Gasteiger partial charge is 0.330 e. The molecule has 0 aliphatic heterocycles. The molecule has 0 fully saturated rings. The third kappa shape index (κ3) is 4.43. The van der Waals surface area contributed by atoms with Gasteiger partial charge in [0.15, 0.2) is 0 Å². The van der Waals surface area contributed by atoms with E-state index in [-0.39, 0.29) is 0 Å². The van der Waals surface area contributed by atoms with Crippen molar-refractivity contribution in [2.45, 2.75) is 6.92 Å². The predicted octanol–water partition coefficient (Wildman–Crippen LogP) is 2.37. The number of hydrogen-bond donors (Lipinski definition) is 0. The van der Waals surface area contributed by atoms with Crippen molar-refractivity contribution in [1.29, 1.82) is 0 Å². The Morgan fingerprint density at radius 1 is 0.947 bits per heavy atom.